The molecule has 5 nitrogen and oxygen atoms in total. The SMILES string of the molecule is CCNc1ncccc1C(=O)NC1CN2CCC1CC2. The van der Waals surface area contributed by atoms with Crippen LogP contribution in [0.15, 0.2) is 18.3 Å². The van der Waals surface area contributed by atoms with Gasteiger partial charge in [0, 0.05) is 25.3 Å². The fraction of sp³-hybridized carbons (Fsp3) is 0.600. The number of pyridine rings is 1. The Hall–Kier alpha value is -1.62. The highest BCUT2D eigenvalue weighted by molar-refractivity contribution is 5.98. The van der Waals surface area contributed by atoms with Gasteiger partial charge in [0.25, 0.3) is 5.91 Å². The van der Waals surface area contributed by atoms with Crippen molar-refractivity contribution in [2.75, 3.05) is 31.5 Å². The summed E-state index contributed by atoms with van der Waals surface area (Å²) in [6.45, 7) is 6.13. The predicted octanol–water partition coefficient (Wildman–Crippen LogP) is 1.34. The smallest absolute Gasteiger partial charge is 0.255 e. The molecule has 0 spiro atoms. The molecule has 2 bridgehead atoms. The highest BCUT2D eigenvalue weighted by Crippen LogP contribution is 2.27. The zero-order chi connectivity index (χ0) is 13.9. The number of amides is 1. The van der Waals surface area contributed by atoms with Crippen molar-refractivity contribution in [1.29, 1.82) is 0 Å². The Balaban J connectivity index is 1.70. The van der Waals surface area contributed by atoms with E-state index in [2.05, 4.69) is 20.5 Å². The van der Waals surface area contributed by atoms with Crippen LogP contribution in [0.3, 0.4) is 0 Å². The second kappa shape index (κ2) is 5.79. The number of rotatable bonds is 4. The number of nitrogens with zero attached hydrogens (tertiary/aromatic N) is 2. The Morgan fingerprint density at radius 3 is 2.90 bits per heavy atom. The molecule has 1 unspecified atom stereocenters. The van der Waals surface area contributed by atoms with E-state index in [1.165, 1.54) is 25.9 Å². The number of piperidine rings is 3. The lowest BCUT2D eigenvalue weighted by molar-refractivity contribution is 0.0621. The molecule has 108 valence electrons. The first-order valence-corrected chi connectivity index (χ1v) is 7.50. The van der Waals surface area contributed by atoms with Crippen LogP contribution in [-0.2, 0) is 0 Å². The molecule has 0 aliphatic carbocycles. The van der Waals surface area contributed by atoms with Gasteiger partial charge in [0.05, 0.1) is 5.56 Å². The van der Waals surface area contributed by atoms with Crippen LogP contribution >= 0.6 is 0 Å². The van der Waals surface area contributed by atoms with Crippen molar-refractivity contribution in [3.63, 3.8) is 0 Å². The van der Waals surface area contributed by atoms with E-state index in [0.29, 0.717) is 23.3 Å². The number of carbonyl (C=O) groups excluding carboxylic acids is 1. The van der Waals surface area contributed by atoms with Gasteiger partial charge in [0.1, 0.15) is 5.82 Å². The van der Waals surface area contributed by atoms with Crippen molar-refractivity contribution in [3.8, 4) is 0 Å². The van der Waals surface area contributed by atoms with E-state index in [0.717, 1.165) is 13.1 Å². The molecule has 3 aliphatic rings. The van der Waals surface area contributed by atoms with Crippen molar-refractivity contribution < 1.29 is 4.79 Å². The molecule has 1 aromatic heterocycles. The van der Waals surface area contributed by atoms with Gasteiger partial charge in [-0.25, -0.2) is 4.98 Å². The van der Waals surface area contributed by atoms with E-state index in [1.807, 2.05) is 19.1 Å². The summed E-state index contributed by atoms with van der Waals surface area (Å²) in [7, 11) is 0. The summed E-state index contributed by atoms with van der Waals surface area (Å²) in [5.41, 5.74) is 0.644. The van der Waals surface area contributed by atoms with Gasteiger partial charge in [-0.2, -0.15) is 0 Å². The van der Waals surface area contributed by atoms with E-state index in [1.54, 1.807) is 6.20 Å². The molecule has 2 N–H and O–H groups in total. The average Bonchev–Trinajstić information content (AvgIpc) is 2.49. The maximum Gasteiger partial charge on any atom is 0.255 e. The van der Waals surface area contributed by atoms with Crippen molar-refractivity contribution in [1.82, 2.24) is 15.2 Å². The molecular weight excluding hydrogens is 252 g/mol. The number of nitrogens with one attached hydrogen (secondary N) is 2. The molecule has 1 atom stereocenters. The van der Waals surface area contributed by atoms with Gasteiger partial charge in [-0.15, -0.1) is 0 Å². The van der Waals surface area contributed by atoms with E-state index in [-0.39, 0.29) is 5.91 Å². The van der Waals surface area contributed by atoms with Crippen LogP contribution in [0.1, 0.15) is 30.1 Å². The molecule has 4 heterocycles. The van der Waals surface area contributed by atoms with Crippen LogP contribution < -0.4 is 10.6 Å². The number of anilines is 1. The second-order valence-electron chi connectivity index (χ2n) is 5.65. The highest BCUT2D eigenvalue weighted by Gasteiger charge is 2.35. The lowest BCUT2D eigenvalue weighted by Gasteiger charge is -2.44. The van der Waals surface area contributed by atoms with E-state index < -0.39 is 0 Å². The minimum atomic E-state index is -0.00667. The van der Waals surface area contributed by atoms with Crippen LogP contribution in [0.25, 0.3) is 0 Å². The van der Waals surface area contributed by atoms with Gasteiger partial charge in [-0.1, -0.05) is 0 Å². The summed E-state index contributed by atoms with van der Waals surface area (Å²) in [5, 5.41) is 6.35. The summed E-state index contributed by atoms with van der Waals surface area (Å²) < 4.78 is 0. The molecule has 3 aliphatic heterocycles. The number of fused-ring (bicyclic) bond motifs is 3. The van der Waals surface area contributed by atoms with Gasteiger partial charge < -0.3 is 15.5 Å². The Bertz CT molecular complexity index is 483. The summed E-state index contributed by atoms with van der Waals surface area (Å²) in [6.07, 6.45) is 4.12. The Kier molecular flexibility index (Phi) is 3.87. The number of hydrogen-bond acceptors (Lipinski definition) is 4. The summed E-state index contributed by atoms with van der Waals surface area (Å²) >= 11 is 0. The predicted molar refractivity (Wildman–Crippen MR) is 78.8 cm³/mol. The normalized spacial score (nSPS) is 28.1. The third-order valence-electron chi connectivity index (χ3n) is 4.37. The zero-order valence-electron chi connectivity index (χ0n) is 11.9. The van der Waals surface area contributed by atoms with Gasteiger partial charge >= 0.3 is 0 Å². The number of carbonyl (C=O) groups is 1. The van der Waals surface area contributed by atoms with Crippen LogP contribution in [0.4, 0.5) is 5.82 Å². The molecule has 1 aromatic rings. The van der Waals surface area contributed by atoms with Gasteiger partial charge in [0.15, 0.2) is 0 Å². The van der Waals surface area contributed by atoms with Crippen LogP contribution in [0.2, 0.25) is 0 Å². The van der Waals surface area contributed by atoms with Crippen LogP contribution in [-0.4, -0.2) is 48.0 Å². The fourth-order valence-corrected chi connectivity index (χ4v) is 3.27. The standard InChI is InChI=1S/C15H22N4O/c1-2-16-14-12(4-3-7-17-14)15(20)18-13-10-19-8-5-11(13)6-9-19/h3-4,7,11,13H,2,5-6,8-10H2,1H3,(H,16,17)(H,18,20). The minimum absolute atomic E-state index is 0.00667. The highest BCUT2D eigenvalue weighted by atomic mass is 16.1. The second-order valence-corrected chi connectivity index (χ2v) is 5.65. The molecule has 3 fully saturated rings. The summed E-state index contributed by atoms with van der Waals surface area (Å²) in [6, 6.07) is 3.94. The topological polar surface area (TPSA) is 57.3 Å². The quantitative estimate of drug-likeness (QED) is 0.870. The minimum Gasteiger partial charge on any atom is -0.370 e. The lowest BCUT2D eigenvalue weighted by atomic mass is 9.84. The fourth-order valence-electron chi connectivity index (χ4n) is 3.27. The van der Waals surface area contributed by atoms with Crippen molar-refractivity contribution in [3.05, 3.63) is 23.9 Å². The Labute approximate surface area is 119 Å². The average molecular weight is 274 g/mol. The monoisotopic (exact) mass is 274 g/mol. The van der Waals surface area contributed by atoms with E-state index >= 15 is 0 Å². The number of hydrogen-bond donors (Lipinski definition) is 2. The van der Waals surface area contributed by atoms with E-state index in [4.69, 9.17) is 0 Å². The summed E-state index contributed by atoms with van der Waals surface area (Å²) in [5.74, 6) is 1.31. The van der Waals surface area contributed by atoms with Gasteiger partial charge in [-0.3, -0.25) is 4.79 Å². The molecule has 0 aromatic carbocycles. The first kappa shape index (κ1) is 13.4. The molecule has 0 radical (unpaired) electrons. The first-order chi connectivity index (χ1) is 9.78. The van der Waals surface area contributed by atoms with Crippen LogP contribution in [0, 0.1) is 5.92 Å². The van der Waals surface area contributed by atoms with Crippen molar-refractivity contribution >= 4 is 11.7 Å². The molecular formula is C15H22N4O. The van der Waals surface area contributed by atoms with Gasteiger partial charge in [-0.05, 0) is 50.9 Å². The number of aromatic nitrogens is 1. The molecule has 5 heteroatoms. The largest absolute Gasteiger partial charge is 0.370 e. The maximum absolute atomic E-state index is 12.5. The molecule has 3 saturated heterocycles. The Morgan fingerprint density at radius 2 is 2.25 bits per heavy atom. The van der Waals surface area contributed by atoms with Gasteiger partial charge in [0.2, 0.25) is 0 Å². The van der Waals surface area contributed by atoms with Crippen LogP contribution in [0.5, 0.6) is 0 Å². The zero-order valence-corrected chi connectivity index (χ0v) is 11.9. The molecule has 0 saturated carbocycles. The Morgan fingerprint density at radius 1 is 1.45 bits per heavy atom. The summed E-state index contributed by atoms with van der Waals surface area (Å²) in [4.78, 5) is 19.2. The third-order valence-corrected chi connectivity index (χ3v) is 4.37. The lowest BCUT2D eigenvalue weighted by Crippen LogP contribution is -2.57. The molecule has 1 amide bonds. The van der Waals surface area contributed by atoms with E-state index in [9.17, 15) is 4.79 Å². The molecule has 4 rings (SSSR count). The van der Waals surface area contributed by atoms with Crippen molar-refractivity contribution in [2.45, 2.75) is 25.8 Å². The third kappa shape index (κ3) is 2.63. The molecule has 20 heavy (non-hydrogen) atoms. The first-order valence-electron chi connectivity index (χ1n) is 7.50. The maximum atomic E-state index is 12.5. The van der Waals surface area contributed by atoms with Crippen molar-refractivity contribution in [2.24, 2.45) is 5.92 Å².